The fourth-order valence-electron chi connectivity index (χ4n) is 17.9. The maximum absolute atomic E-state index is 13.3. The number of primary amides is 1. The maximum atomic E-state index is 13.3. The molecule has 5 unspecified atom stereocenters. The van der Waals surface area contributed by atoms with Gasteiger partial charge in [-0.1, -0.05) is 34.8 Å². The number of hydrogen-bond acceptors (Lipinski definition) is 33. The van der Waals surface area contributed by atoms with Crippen LogP contribution in [0.4, 0.5) is 49.9 Å². The molecule has 50 heteroatoms. The van der Waals surface area contributed by atoms with Crippen LogP contribution in [0.15, 0.2) is 176 Å². The molecule has 17 N–H and O–H groups in total. The van der Waals surface area contributed by atoms with E-state index in [0.29, 0.717) is 122 Å². The summed E-state index contributed by atoms with van der Waals surface area (Å²) in [6, 6.07) is 23.4. The summed E-state index contributed by atoms with van der Waals surface area (Å²) in [6.07, 6.45) is 21.7. The predicted molar refractivity (Wildman–Crippen MR) is 521 cm³/mol. The van der Waals surface area contributed by atoms with Crippen molar-refractivity contribution in [1.82, 2.24) is 125 Å². The fraction of sp³-hybridized carbons (Fsp3) is 0.402. The minimum atomic E-state index is -1.01. The molecule has 6 saturated heterocycles. The molecule has 21 rings (SSSR count). The highest BCUT2D eigenvalue weighted by Gasteiger charge is 2.52. The molecule has 47 nitrogen and oxygen atoms in total. The van der Waals surface area contributed by atoms with Gasteiger partial charge in [0, 0.05) is 70.1 Å². The zero-order chi connectivity index (χ0) is 102. The molecule has 6 fully saturated rings. The Balaban J connectivity index is 0.000000133. The van der Waals surface area contributed by atoms with Crippen LogP contribution in [-0.2, 0) is 42.6 Å². The van der Waals surface area contributed by atoms with Gasteiger partial charge in [-0.05, 0) is 229 Å². The second-order valence-corrected chi connectivity index (χ2v) is 37.8. The number of amides is 8. The van der Waals surface area contributed by atoms with Gasteiger partial charge in [0.1, 0.15) is 154 Å². The standard InChI is InChI=1S/C20H24N6O4.C16H20ClN3O4.2C15H16N6O2.C11H12ClN3O2.C6H5ClN2O2.C5H9NO.C4H5N3/c1-19(2,3)30-18(29)25-10-4-8-20(11-25)24-16(27)14-6-5-13(17(28)26(14)20)23-15-7-9-21-12-22-15;1-15(2,3)24-14(23)19-8-4-7-16(9-19)18-12(21)11-6-5-10(17)13(22)20(11)16;22-13-11-3-2-10(19-12-4-7-17-9-18-12)14(23)21(11)15(20-13)5-1-6-16-8-15;22-13-11-3-2-10(19-12-8-16-6-7-18-12)14(23)21(11)15(20-13)4-1-5-17-9-15;12-7-2-3-8-9(16)14-11(15(8)10(7)17)4-1-5-13-6-11;7-3-1-2-4(5(8)10)9-6(3)11;7-5-2-1-3-6-4-5;5-4-1-2-6-3-7-4/h5-7,9,12H,4,8,10-11H2,1-3H3,(H,24,27)(H,21,22,23);5-6H,4,7-9H2,1-3H3,(H,18,21);2-4,7,9,16H,1,5-6,8H2,(H,20,22)(H,17,18,19);2-3,6-8,17H,1,4-5,9H2,(H,18,19)(H,20,22);2-3,13H,1,4-6H2,(H,14,16);1-2H,(H2,8,10)(H,9,11);6H,1-4H2;1-3H,(H2,5,6,7). The van der Waals surface area contributed by atoms with Crippen LogP contribution in [0.25, 0.3) is 0 Å². The molecule has 10 aromatic rings. The van der Waals surface area contributed by atoms with Gasteiger partial charge >= 0.3 is 12.2 Å². The molecule has 11 aliphatic rings. The first-order chi connectivity index (χ1) is 67.7. The lowest BCUT2D eigenvalue weighted by Crippen LogP contribution is -2.59. The van der Waals surface area contributed by atoms with Gasteiger partial charge in [-0.25, -0.2) is 44.5 Å². The lowest BCUT2D eigenvalue weighted by molar-refractivity contribution is -0.119. The SMILES string of the molecule is CC(C)(C)OC(=O)N1CCCC2(C1)NC(=O)c1ccc(Cl)c(=O)n12.CC(C)(C)OC(=O)N1CCCC2(C1)NC(=O)c1ccc(Nc3ccncn3)c(=O)n12.NC(=O)c1ccc(Cl)c(=O)[nH]1.Nc1ccncn1.O=C1CCCNC1.O=C1NC2(CCCNC2)n2c1ccc(Cl)c2=O.O=C1NC2(CCCNC2)n2c1ccc(Nc1ccncn1)c2=O.O=C1NC2(CCCNC2)n2c1ccc(Nc1cnccn1)c2=O. The number of ether oxygens (including phenoxy) is 2. The number of ketones is 1. The highest BCUT2D eigenvalue weighted by Crippen LogP contribution is 2.37. The number of nitrogen functional groups attached to an aromatic ring is 1. The van der Waals surface area contributed by atoms with Crippen LogP contribution in [0.1, 0.15) is 182 Å². The molecule has 0 aromatic carbocycles. The number of carbonyl (C=O) groups excluding carboxylic acids is 9. The Hall–Kier alpha value is -15.0. The number of nitrogens with zero attached hydrogens (tertiary/aromatic N) is 15. The summed E-state index contributed by atoms with van der Waals surface area (Å²) in [6.45, 7) is 18.0. The summed E-state index contributed by atoms with van der Waals surface area (Å²) in [5, 5.41) is 36.5. The summed E-state index contributed by atoms with van der Waals surface area (Å²) >= 11 is 17.2. The Morgan fingerprint density at radius 3 is 1.08 bits per heavy atom. The number of Topliss-reactive ketones (excluding diaryl/α,β-unsaturated/α-hetero) is 1. The van der Waals surface area contributed by atoms with E-state index >= 15 is 0 Å². The average molecular weight is 2010 g/mol. The van der Waals surface area contributed by atoms with Crippen molar-refractivity contribution in [2.45, 2.75) is 158 Å². The minimum absolute atomic E-state index is 0.0370. The quantitative estimate of drug-likeness (QED) is 0.105. The summed E-state index contributed by atoms with van der Waals surface area (Å²) < 4.78 is 18.4. The molecule has 142 heavy (non-hydrogen) atoms. The predicted octanol–water partition coefficient (Wildman–Crippen LogP) is 4.47. The van der Waals surface area contributed by atoms with Crippen molar-refractivity contribution < 1.29 is 52.6 Å². The number of likely N-dealkylation sites (tertiary alicyclic amines) is 2. The van der Waals surface area contributed by atoms with Gasteiger partial charge in [-0.3, -0.25) is 90.1 Å². The van der Waals surface area contributed by atoms with Gasteiger partial charge in [0.15, 0.2) is 0 Å². The lowest BCUT2D eigenvalue weighted by Gasteiger charge is -2.41. The van der Waals surface area contributed by atoms with Crippen molar-refractivity contribution in [3.8, 4) is 0 Å². The number of anilines is 7. The summed E-state index contributed by atoms with van der Waals surface area (Å²) in [7, 11) is 0. The molecule has 5 spiro atoms. The molecule has 10 aromatic heterocycles. The molecule has 0 radical (unpaired) electrons. The monoisotopic (exact) mass is 2010 g/mol. The second-order valence-electron chi connectivity index (χ2n) is 36.5. The van der Waals surface area contributed by atoms with E-state index in [1.54, 1.807) is 153 Å². The zero-order valence-electron chi connectivity index (χ0n) is 78.3. The summed E-state index contributed by atoms with van der Waals surface area (Å²) in [5.74, 6) is 0.359. The first-order valence-corrected chi connectivity index (χ1v) is 46.7. The first kappa shape index (κ1) is 103. The molecule has 5 atom stereocenters. The molecular weight excluding hydrogens is 1900 g/mol. The Kier molecular flexibility index (Phi) is 31.7. The number of nitrogens with two attached hydrogens (primary N) is 2. The van der Waals surface area contributed by atoms with Gasteiger partial charge in [0.05, 0.1) is 25.8 Å². The van der Waals surface area contributed by atoms with Crippen molar-refractivity contribution in [2.24, 2.45) is 5.73 Å². The number of pyridine rings is 6. The second kappa shape index (κ2) is 43.8. The van der Waals surface area contributed by atoms with Crippen LogP contribution in [-0.4, -0.2) is 221 Å². The maximum Gasteiger partial charge on any atom is 0.410 e. The van der Waals surface area contributed by atoms with Crippen LogP contribution < -0.4 is 109 Å². The molecule has 8 amide bonds. The Morgan fingerprint density at radius 2 is 0.761 bits per heavy atom. The van der Waals surface area contributed by atoms with Gasteiger partial charge in [0.25, 0.3) is 68.8 Å². The van der Waals surface area contributed by atoms with E-state index in [9.17, 15) is 71.9 Å². The highest BCUT2D eigenvalue weighted by molar-refractivity contribution is 6.31. The van der Waals surface area contributed by atoms with Gasteiger partial charge in [0.2, 0.25) is 0 Å². The third kappa shape index (κ3) is 23.5. The van der Waals surface area contributed by atoms with Crippen molar-refractivity contribution in [3.63, 3.8) is 0 Å². The number of rotatable bonds is 7. The number of aromatic nitrogens is 14. The molecule has 0 bridgehead atoms. The Bertz CT molecular complexity index is 6660. The normalized spacial score (nSPS) is 21.1. The largest absolute Gasteiger partial charge is 0.444 e. The van der Waals surface area contributed by atoms with Crippen LogP contribution in [0.2, 0.25) is 15.1 Å². The first-order valence-electron chi connectivity index (χ1n) is 45.6. The third-order valence-corrected chi connectivity index (χ3v) is 24.9. The van der Waals surface area contributed by atoms with E-state index in [0.717, 1.165) is 77.5 Å². The number of carbonyl (C=O) groups is 9. The number of fused-ring (bicyclic) bond motifs is 10. The Labute approximate surface area is 824 Å². The van der Waals surface area contributed by atoms with E-state index in [2.05, 4.69) is 109 Å². The Morgan fingerprint density at radius 1 is 0.394 bits per heavy atom. The number of halogens is 3. The van der Waals surface area contributed by atoms with Crippen LogP contribution >= 0.6 is 34.8 Å². The van der Waals surface area contributed by atoms with E-state index in [4.69, 9.17) is 55.7 Å². The molecule has 0 aliphatic carbocycles. The molecule has 21 heterocycles. The number of H-pyrrole nitrogens is 1. The van der Waals surface area contributed by atoms with E-state index in [1.807, 2.05) is 0 Å². The highest BCUT2D eigenvalue weighted by atomic mass is 35.5. The number of aromatic amines is 1. The van der Waals surface area contributed by atoms with Crippen LogP contribution in [0, 0.1) is 0 Å². The van der Waals surface area contributed by atoms with E-state index < -0.39 is 68.7 Å². The fourth-order valence-corrected chi connectivity index (χ4v) is 18.3. The van der Waals surface area contributed by atoms with Crippen LogP contribution in [0.3, 0.4) is 0 Å². The average Bonchev–Trinajstić information content (AvgIpc) is 1.72. The van der Waals surface area contributed by atoms with Crippen molar-refractivity contribution in [1.29, 1.82) is 0 Å². The lowest BCUT2D eigenvalue weighted by atomic mass is 9.98. The van der Waals surface area contributed by atoms with Gasteiger partial charge in [-0.2, -0.15) is 0 Å². The molecule has 748 valence electrons. The summed E-state index contributed by atoms with van der Waals surface area (Å²) in [4.78, 5) is 218. The van der Waals surface area contributed by atoms with Crippen molar-refractivity contribution in [3.05, 3.63) is 259 Å². The number of piperidine rings is 6. The molecule has 11 aliphatic heterocycles. The molecular formula is C92H107Cl3N30O17. The van der Waals surface area contributed by atoms with Gasteiger partial charge in [-0.15, -0.1) is 0 Å². The van der Waals surface area contributed by atoms with Crippen molar-refractivity contribution in [2.75, 3.05) is 100 Å². The number of nitrogens with one attached hydrogen (secondary N) is 13. The van der Waals surface area contributed by atoms with Gasteiger partial charge < -0.3 is 99.5 Å². The smallest absolute Gasteiger partial charge is 0.410 e. The topological polar surface area (TPSA) is 621 Å². The zero-order valence-corrected chi connectivity index (χ0v) is 80.5. The minimum Gasteiger partial charge on any atom is -0.444 e. The van der Waals surface area contributed by atoms with Crippen LogP contribution in [0.5, 0.6) is 0 Å². The van der Waals surface area contributed by atoms with E-state index in [1.165, 1.54) is 67.9 Å². The van der Waals surface area contributed by atoms with Crippen molar-refractivity contribution >= 4 is 129 Å². The molecule has 0 saturated carbocycles. The third-order valence-electron chi connectivity index (χ3n) is 24.1. The van der Waals surface area contributed by atoms with E-state index in [-0.39, 0.29) is 103 Å². The summed E-state index contributed by atoms with van der Waals surface area (Å²) in [5.41, 5.74) is 5.58. The number of hydrogen-bond donors (Lipinski definition) is 15.